The Labute approximate surface area is 92.9 Å². The Morgan fingerprint density at radius 1 is 1.31 bits per heavy atom. The maximum atomic E-state index is 10.5. The number of hydrogen-bond acceptors (Lipinski definition) is 4. The number of oxazole rings is 1. The Kier molecular flexibility index (Phi) is 2.93. The number of hydrogen-bond donors (Lipinski definition) is 1. The fourth-order valence-corrected chi connectivity index (χ4v) is 1.94. The number of para-hydroxylation sites is 2. The van der Waals surface area contributed by atoms with Crippen molar-refractivity contribution in [1.29, 1.82) is 0 Å². The molecule has 0 fully saturated rings. The van der Waals surface area contributed by atoms with Crippen LogP contribution in [0.25, 0.3) is 11.1 Å². The zero-order chi connectivity index (χ0) is 11.6. The Bertz CT molecular complexity index is 555. The zero-order valence-corrected chi connectivity index (χ0v) is 9.27. The molecule has 1 heterocycles. The van der Waals surface area contributed by atoms with Gasteiger partial charge in [-0.05, 0) is 18.6 Å². The smallest absolute Gasteiger partial charge is 0.264 e. The highest BCUT2D eigenvalue weighted by atomic mass is 32.2. The third kappa shape index (κ3) is 2.80. The minimum atomic E-state index is -3.89. The summed E-state index contributed by atoms with van der Waals surface area (Å²) in [6.45, 7) is 0. The lowest BCUT2D eigenvalue weighted by Gasteiger charge is -1.93. The lowest BCUT2D eigenvalue weighted by atomic mass is 10.3. The molecular formula is C10H11NO4S. The predicted molar refractivity (Wildman–Crippen MR) is 58.7 cm³/mol. The van der Waals surface area contributed by atoms with E-state index in [4.69, 9.17) is 8.97 Å². The van der Waals surface area contributed by atoms with Gasteiger partial charge in [0.25, 0.3) is 10.1 Å². The molecule has 0 unspecified atom stereocenters. The molecule has 1 aromatic carbocycles. The van der Waals surface area contributed by atoms with Gasteiger partial charge in [-0.15, -0.1) is 0 Å². The van der Waals surface area contributed by atoms with E-state index in [0.717, 1.165) is 5.52 Å². The fourth-order valence-electron chi connectivity index (χ4n) is 1.43. The maximum Gasteiger partial charge on any atom is 0.264 e. The third-order valence-electron chi connectivity index (χ3n) is 2.13. The van der Waals surface area contributed by atoms with Gasteiger partial charge < -0.3 is 4.42 Å². The maximum absolute atomic E-state index is 10.5. The Hall–Kier alpha value is -1.40. The molecule has 0 aliphatic rings. The zero-order valence-electron chi connectivity index (χ0n) is 8.46. The van der Waals surface area contributed by atoms with Gasteiger partial charge in [0.05, 0.1) is 5.75 Å². The normalized spacial score (nSPS) is 12.1. The van der Waals surface area contributed by atoms with Gasteiger partial charge in [-0.2, -0.15) is 8.42 Å². The molecule has 1 aromatic heterocycles. The van der Waals surface area contributed by atoms with Gasteiger partial charge in [-0.1, -0.05) is 12.1 Å². The first kappa shape index (κ1) is 11.1. The van der Waals surface area contributed by atoms with E-state index in [0.29, 0.717) is 24.3 Å². The van der Waals surface area contributed by atoms with E-state index in [9.17, 15) is 8.42 Å². The number of benzene rings is 1. The van der Waals surface area contributed by atoms with Crippen molar-refractivity contribution in [2.45, 2.75) is 12.8 Å². The molecule has 0 saturated heterocycles. The second-order valence-electron chi connectivity index (χ2n) is 3.46. The summed E-state index contributed by atoms with van der Waals surface area (Å²) in [7, 11) is -3.89. The molecule has 0 spiro atoms. The Morgan fingerprint density at radius 3 is 2.75 bits per heavy atom. The van der Waals surface area contributed by atoms with Gasteiger partial charge in [0, 0.05) is 6.42 Å². The van der Waals surface area contributed by atoms with Gasteiger partial charge in [-0.3, -0.25) is 4.55 Å². The van der Waals surface area contributed by atoms with Crippen LogP contribution < -0.4 is 0 Å². The number of aryl methyl sites for hydroxylation is 1. The average Bonchev–Trinajstić information content (AvgIpc) is 2.57. The predicted octanol–water partition coefficient (Wildman–Crippen LogP) is 1.65. The molecule has 0 aliphatic carbocycles. The van der Waals surface area contributed by atoms with Crippen LogP contribution in [0.1, 0.15) is 12.3 Å². The van der Waals surface area contributed by atoms with Crippen molar-refractivity contribution in [2.75, 3.05) is 5.75 Å². The average molecular weight is 241 g/mol. The lowest BCUT2D eigenvalue weighted by molar-refractivity contribution is 0.477. The van der Waals surface area contributed by atoms with E-state index in [1.54, 1.807) is 6.07 Å². The molecule has 16 heavy (non-hydrogen) atoms. The van der Waals surface area contributed by atoms with E-state index in [2.05, 4.69) is 4.98 Å². The summed E-state index contributed by atoms with van der Waals surface area (Å²) >= 11 is 0. The SMILES string of the molecule is O=S(=O)(O)CCCc1nc2ccccc2o1. The largest absolute Gasteiger partial charge is 0.441 e. The van der Waals surface area contributed by atoms with Crippen molar-refractivity contribution < 1.29 is 17.4 Å². The molecule has 0 aliphatic heterocycles. The van der Waals surface area contributed by atoms with Crippen LogP contribution in [0.15, 0.2) is 28.7 Å². The summed E-state index contributed by atoms with van der Waals surface area (Å²) in [4.78, 5) is 4.19. The first-order valence-electron chi connectivity index (χ1n) is 4.84. The topological polar surface area (TPSA) is 80.4 Å². The van der Waals surface area contributed by atoms with Gasteiger partial charge in [0.2, 0.25) is 0 Å². The van der Waals surface area contributed by atoms with Crippen LogP contribution in [0.3, 0.4) is 0 Å². The minimum absolute atomic E-state index is 0.272. The highest BCUT2D eigenvalue weighted by Crippen LogP contribution is 2.15. The van der Waals surface area contributed by atoms with E-state index >= 15 is 0 Å². The minimum Gasteiger partial charge on any atom is -0.441 e. The highest BCUT2D eigenvalue weighted by Gasteiger charge is 2.08. The Balaban J connectivity index is 2.05. The van der Waals surface area contributed by atoms with E-state index in [1.807, 2.05) is 18.2 Å². The molecule has 0 saturated carbocycles. The van der Waals surface area contributed by atoms with Gasteiger partial charge >= 0.3 is 0 Å². The monoisotopic (exact) mass is 241 g/mol. The molecule has 86 valence electrons. The van der Waals surface area contributed by atoms with Crippen LogP contribution in [0.4, 0.5) is 0 Å². The lowest BCUT2D eigenvalue weighted by Crippen LogP contribution is -2.04. The van der Waals surface area contributed by atoms with Crippen molar-refractivity contribution in [3.63, 3.8) is 0 Å². The van der Waals surface area contributed by atoms with Gasteiger partial charge in [0.1, 0.15) is 5.52 Å². The molecular weight excluding hydrogens is 230 g/mol. The molecule has 0 bridgehead atoms. The first-order chi connectivity index (χ1) is 7.54. The first-order valence-corrected chi connectivity index (χ1v) is 6.45. The van der Waals surface area contributed by atoms with Gasteiger partial charge in [0.15, 0.2) is 11.5 Å². The van der Waals surface area contributed by atoms with Crippen molar-refractivity contribution >= 4 is 21.2 Å². The number of rotatable bonds is 4. The van der Waals surface area contributed by atoms with E-state index in [1.165, 1.54) is 0 Å². The third-order valence-corrected chi connectivity index (χ3v) is 2.94. The Morgan fingerprint density at radius 2 is 2.06 bits per heavy atom. The van der Waals surface area contributed by atoms with Crippen molar-refractivity contribution in [3.8, 4) is 0 Å². The summed E-state index contributed by atoms with van der Waals surface area (Å²) in [5.41, 5.74) is 1.44. The van der Waals surface area contributed by atoms with Gasteiger partial charge in [-0.25, -0.2) is 4.98 Å². The van der Waals surface area contributed by atoms with Crippen LogP contribution >= 0.6 is 0 Å². The summed E-state index contributed by atoms with van der Waals surface area (Å²) in [6, 6.07) is 7.32. The molecule has 0 amide bonds. The van der Waals surface area contributed by atoms with Crippen molar-refractivity contribution in [2.24, 2.45) is 0 Å². The summed E-state index contributed by atoms with van der Waals surface area (Å²) in [5.74, 6) is 0.219. The van der Waals surface area contributed by atoms with E-state index < -0.39 is 10.1 Å². The molecule has 0 radical (unpaired) electrons. The van der Waals surface area contributed by atoms with Crippen molar-refractivity contribution in [1.82, 2.24) is 4.98 Å². The highest BCUT2D eigenvalue weighted by molar-refractivity contribution is 7.85. The molecule has 1 N–H and O–H groups in total. The molecule has 5 nitrogen and oxygen atoms in total. The fraction of sp³-hybridized carbons (Fsp3) is 0.300. The molecule has 6 heteroatoms. The van der Waals surface area contributed by atoms with E-state index in [-0.39, 0.29) is 5.75 Å². The summed E-state index contributed by atoms with van der Waals surface area (Å²) in [6.07, 6.45) is 0.695. The molecule has 0 atom stereocenters. The quantitative estimate of drug-likeness (QED) is 0.823. The number of aromatic nitrogens is 1. The van der Waals surface area contributed by atoms with Crippen LogP contribution in [0, 0.1) is 0 Å². The van der Waals surface area contributed by atoms with Crippen LogP contribution in [0.5, 0.6) is 0 Å². The summed E-state index contributed by atoms with van der Waals surface area (Å²) in [5, 5.41) is 0. The molecule has 2 aromatic rings. The van der Waals surface area contributed by atoms with Crippen LogP contribution in [0.2, 0.25) is 0 Å². The number of fused-ring (bicyclic) bond motifs is 1. The standard InChI is InChI=1S/C10H11NO4S/c12-16(13,14)7-3-6-10-11-8-4-1-2-5-9(8)15-10/h1-2,4-5H,3,6-7H2,(H,12,13,14). The van der Waals surface area contributed by atoms with Crippen LogP contribution in [-0.4, -0.2) is 23.7 Å². The second-order valence-corrected chi connectivity index (χ2v) is 5.04. The van der Waals surface area contributed by atoms with Crippen LogP contribution in [-0.2, 0) is 16.5 Å². The van der Waals surface area contributed by atoms with Crippen molar-refractivity contribution in [3.05, 3.63) is 30.2 Å². The molecule has 2 rings (SSSR count). The number of nitrogens with zero attached hydrogens (tertiary/aromatic N) is 1. The second kappa shape index (κ2) is 4.23. The summed E-state index contributed by atoms with van der Waals surface area (Å²) < 4.78 is 34.9.